The summed E-state index contributed by atoms with van der Waals surface area (Å²) in [6.45, 7) is 0.646. The minimum Gasteiger partial charge on any atom is -0.332 e. The molecule has 114 valence electrons. The van der Waals surface area contributed by atoms with Crippen molar-refractivity contribution in [1.82, 2.24) is 25.1 Å². The van der Waals surface area contributed by atoms with E-state index in [1.807, 2.05) is 41.8 Å². The summed E-state index contributed by atoms with van der Waals surface area (Å²) in [5.41, 5.74) is 1.72. The van der Waals surface area contributed by atoms with E-state index in [2.05, 4.69) is 36.4 Å². The van der Waals surface area contributed by atoms with E-state index < -0.39 is 0 Å². The molecule has 0 N–H and O–H groups in total. The zero-order chi connectivity index (χ0) is 15.6. The Balaban J connectivity index is 1.56. The molecule has 0 amide bonds. The van der Waals surface area contributed by atoms with Crippen LogP contribution in [0.5, 0.6) is 0 Å². The van der Waals surface area contributed by atoms with Crippen LogP contribution in [0.4, 0.5) is 0 Å². The van der Waals surface area contributed by atoms with Gasteiger partial charge in [-0.15, -0.1) is 16.4 Å². The molecule has 6 nitrogen and oxygen atoms in total. The van der Waals surface area contributed by atoms with Gasteiger partial charge in [-0.1, -0.05) is 40.7 Å². The van der Waals surface area contributed by atoms with Gasteiger partial charge in [-0.05, 0) is 27.6 Å². The van der Waals surface area contributed by atoms with Crippen molar-refractivity contribution < 1.29 is 4.52 Å². The Kier molecular flexibility index (Phi) is 3.76. The van der Waals surface area contributed by atoms with Gasteiger partial charge in [0.1, 0.15) is 0 Å². The third-order valence-corrected chi connectivity index (χ3v) is 4.85. The smallest absolute Gasteiger partial charge is 0.280 e. The van der Waals surface area contributed by atoms with Crippen molar-refractivity contribution in [3.8, 4) is 22.3 Å². The molecule has 4 aromatic rings. The Bertz CT molecular complexity index is 930. The van der Waals surface area contributed by atoms with Crippen LogP contribution >= 0.6 is 27.3 Å². The van der Waals surface area contributed by atoms with Gasteiger partial charge < -0.3 is 4.52 Å². The van der Waals surface area contributed by atoms with E-state index >= 15 is 0 Å². The van der Waals surface area contributed by atoms with Gasteiger partial charge in [0.15, 0.2) is 5.69 Å². The fourth-order valence-electron chi connectivity index (χ4n) is 2.10. The van der Waals surface area contributed by atoms with Gasteiger partial charge in [-0.2, -0.15) is 4.98 Å². The molecule has 0 fully saturated rings. The first-order valence-corrected chi connectivity index (χ1v) is 8.48. The number of benzene rings is 1. The van der Waals surface area contributed by atoms with Gasteiger partial charge in [0.05, 0.1) is 17.6 Å². The molecule has 0 saturated heterocycles. The summed E-state index contributed by atoms with van der Waals surface area (Å²) in [6.07, 6.45) is 1.80. The van der Waals surface area contributed by atoms with Gasteiger partial charge in [0.25, 0.3) is 5.89 Å². The molecule has 0 radical (unpaired) electrons. The van der Waals surface area contributed by atoms with Gasteiger partial charge in [0.2, 0.25) is 5.82 Å². The second-order valence-electron chi connectivity index (χ2n) is 4.84. The van der Waals surface area contributed by atoms with Crippen molar-refractivity contribution >= 4 is 27.3 Å². The van der Waals surface area contributed by atoms with Crippen LogP contribution in [0.2, 0.25) is 0 Å². The van der Waals surface area contributed by atoms with Crippen LogP contribution in [0.25, 0.3) is 22.3 Å². The third kappa shape index (κ3) is 3.08. The van der Waals surface area contributed by atoms with Gasteiger partial charge in [-0.3, -0.25) is 0 Å². The van der Waals surface area contributed by atoms with E-state index in [0.29, 0.717) is 24.0 Å². The fourth-order valence-corrected chi connectivity index (χ4v) is 3.45. The van der Waals surface area contributed by atoms with Gasteiger partial charge in [0, 0.05) is 9.85 Å². The topological polar surface area (TPSA) is 69.6 Å². The normalized spacial score (nSPS) is 11.0. The van der Waals surface area contributed by atoms with E-state index in [4.69, 9.17) is 4.52 Å². The van der Waals surface area contributed by atoms with E-state index in [9.17, 15) is 0 Å². The zero-order valence-corrected chi connectivity index (χ0v) is 14.2. The highest BCUT2D eigenvalue weighted by Crippen LogP contribution is 2.29. The largest absolute Gasteiger partial charge is 0.332 e. The highest BCUT2D eigenvalue weighted by atomic mass is 79.9. The van der Waals surface area contributed by atoms with Crippen LogP contribution < -0.4 is 0 Å². The fraction of sp³-hybridized carbons (Fsp3) is 0.0667. The second kappa shape index (κ2) is 6.05. The lowest BCUT2D eigenvalue weighted by Gasteiger charge is -1.98. The number of rotatable bonds is 4. The van der Waals surface area contributed by atoms with E-state index in [-0.39, 0.29) is 0 Å². The van der Waals surface area contributed by atoms with Crippen LogP contribution in [-0.4, -0.2) is 25.1 Å². The molecule has 0 spiro atoms. The SMILES string of the molecule is Brc1csc(-c2noc(-c3cn(Cc4ccccc4)nn3)n2)c1. The Hall–Kier alpha value is -2.32. The summed E-state index contributed by atoms with van der Waals surface area (Å²) < 4.78 is 8.04. The summed E-state index contributed by atoms with van der Waals surface area (Å²) in [5.74, 6) is 0.914. The highest BCUT2D eigenvalue weighted by molar-refractivity contribution is 9.10. The molecule has 0 bridgehead atoms. The number of hydrogen-bond donors (Lipinski definition) is 0. The second-order valence-corrected chi connectivity index (χ2v) is 6.67. The molecule has 3 aromatic heterocycles. The number of nitrogens with zero attached hydrogens (tertiary/aromatic N) is 5. The number of aromatic nitrogens is 5. The Morgan fingerprint density at radius 3 is 2.87 bits per heavy atom. The Morgan fingerprint density at radius 1 is 1.22 bits per heavy atom. The standard InChI is InChI=1S/C15H10BrN5OS/c16-11-6-13(23-9-11)14-17-15(22-19-14)12-8-21(20-18-12)7-10-4-2-1-3-5-10/h1-6,8-9H,7H2. The Labute approximate surface area is 143 Å². The van der Waals surface area contributed by atoms with Gasteiger partial charge >= 0.3 is 0 Å². The lowest BCUT2D eigenvalue weighted by Crippen LogP contribution is -1.99. The predicted molar refractivity (Wildman–Crippen MR) is 89.9 cm³/mol. The predicted octanol–water partition coefficient (Wildman–Crippen LogP) is 3.87. The average Bonchev–Trinajstić information content (AvgIpc) is 3.28. The highest BCUT2D eigenvalue weighted by Gasteiger charge is 2.15. The van der Waals surface area contributed by atoms with Gasteiger partial charge in [-0.25, -0.2) is 4.68 Å². The van der Waals surface area contributed by atoms with E-state index in [1.54, 1.807) is 22.2 Å². The molecule has 23 heavy (non-hydrogen) atoms. The first kappa shape index (κ1) is 14.3. The third-order valence-electron chi connectivity index (χ3n) is 3.16. The number of halogens is 1. The minimum atomic E-state index is 0.365. The van der Waals surface area contributed by atoms with Crippen LogP contribution in [0.1, 0.15) is 5.56 Å². The van der Waals surface area contributed by atoms with E-state index in [0.717, 1.165) is 14.9 Å². The Morgan fingerprint density at radius 2 is 2.09 bits per heavy atom. The quantitative estimate of drug-likeness (QED) is 0.531. The molecule has 3 heterocycles. The van der Waals surface area contributed by atoms with Crippen LogP contribution in [0.15, 0.2) is 57.0 Å². The van der Waals surface area contributed by atoms with Crippen LogP contribution in [0.3, 0.4) is 0 Å². The zero-order valence-electron chi connectivity index (χ0n) is 11.8. The average molecular weight is 388 g/mol. The molecular weight excluding hydrogens is 378 g/mol. The van der Waals surface area contributed by atoms with Crippen molar-refractivity contribution in [3.63, 3.8) is 0 Å². The molecule has 0 unspecified atom stereocenters. The molecule has 4 rings (SSSR count). The number of thiophene rings is 1. The van der Waals surface area contributed by atoms with Crippen molar-refractivity contribution in [2.75, 3.05) is 0 Å². The molecule has 0 saturated carbocycles. The van der Waals surface area contributed by atoms with Crippen LogP contribution in [-0.2, 0) is 6.54 Å². The lowest BCUT2D eigenvalue weighted by molar-refractivity contribution is 0.431. The first-order chi connectivity index (χ1) is 11.3. The summed E-state index contributed by atoms with van der Waals surface area (Å²) in [4.78, 5) is 5.31. The summed E-state index contributed by atoms with van der Waals surface area (Å²) >= 11 is 4.96. The molecule has 0 aliphatic heterocycles. The summed E-state index contributed by atoms with van der Waals surface area (Å²) in [6, 6.07) is 12.0. The monoisotopic (exact) mass is 387 g/mol. The first-order valence-electron chi connectivity index (χ1n) is 6.80. The van der Waals surface area contributed by atoms with Crippen molar-refractivity contribution in [2.24, 2.45) is 0 Å². The molecule has 0 aliphatic carbocycles. The maximum atomic E-state index is 5.29. The number of hydrogen-bond acceptors (Lipinski definition) is 6. The molecule has 0 atom stereocenters. The summed E-state index contributed by atoms with van der Waals surface area (Å²) in [5, 5.41) is 14.2. The summed E-state index contributed by atoms with van der Waals surface area (Å²) in [7, 11) is 0. The maximum Gasteiger partial charge on any atom is 0.280 e. The van der Waals surface area contributed by atoms with E-state index in [1.165, 1.54) is 0 Å². The van der Waals surface area contributed by atoms with Crippen LogP contribution in [0, 0.1) is 0 Å². The molecule has 1 aromatic carbocycles. The molecule has 8 heteroatoms. The van der Waals surface area contributed by atoms with Crippen molar-refractivity contribution in [2.45, 2.75) is 6.54 Å². The lowest BCUT2D eigenvalue weighted by atomic mass is 10.2. The maximum absolute atomic E-state index is 5.29. The van der Waals surface area contributed by atoms with Crippen molar-refractivity contribution in [3.05, 3.63) is 58.0 Å². The molecular formula is C15H10BrN5OS. The molecule has 0 aliphatic rings. The minimum absolute atomic E-state index is 0.365. The van der Waals surface area contributed by atoms with Crippen molar-refractivity contribution in [1.29, 1.82) is 0 Å².